The molecule has 3 aromatic carbocycles. The van der Waals surface area contributed by atoms with Crippen LogP contribution in [0.5, 0.6) is 11.5 Å². The second-order valence-electron chi connectivity index (χ2n) is 10.7. The molecule has 1 unspecified atom stereocenters. The zero-order valence-electron chi connectivity index (χ0n) is 25.8. The molecule has 4 aromatic rings. The normalized spacial score (nSPS) is 15.4. The number of nitrogens with zero attached hydrogens (tertiary/aromatic N) is 6. The number of amidine groups is 1. The third kappa shape index (κ3) is 8.43. The molecule has 0 radical (unpaired) electrons. The van der Waals surface area contributed by atoms with Crippen LogP contribution in [0.4, 0.5) is 18.9 Å². The number of aliphatic hydroxyl groups is 1. The zero-order valence-corrected chi connectivity index (χ0v) is 26.6. The Morgan fingerprint density at radius 2 is 1.83 bits per heavy atom. The monoisotopic (exact) mass is 663 g/mol. The van der Waals surface area contributed by atoms with E-state index in [1.807, 2.05) is 18.2 Å². The van der Waals surface area contributed by atoms with Crippen molar-refractivity contribution in [2.45, 2.75) is 38.9 Å². The molecule has 0 saturated carbocycles. The molecule has 2 heterocycles. The van der Waals surface area contributed by atoms with E-state index < -0.39 is 12.7 Å². The molecule has 2 N–H and O–H groups in total. The molecule has 47 heavy (non-hydrogen) atoms. The topological polar surface area (TPSA) is 121 Å². The van der Waals surface area contributed by atoms with E-state index in [1.54, 1.807) is 43.1 Å². The van der Waals surface area contributed by atoms with Crippen molar-refractivity contribution in [1.29, 1.82) is 5.26 Å². The molecular formula is C33H32F3N7O3S. The SMILES string of the molecule is COc1ccc(N2CCCSC2=NC(O)N/C=C(\C#N)c2ccc(-c3ncn(-c4ccc(OC(F)(F)F)cc4)n3)cc2)c(C(C)C)c1. The molecular weight excluding hydrogens is 631 g/mol. The molecule has 1 aliphatic heterocycles. The van der Waals surface area contributed by atoms with Crippen LogP contribution in [0.3, 0.4) is 0 Å². The number of nitriles is 1. The number of aliphatic imine (C=N–C) groups is 1. The van der Waals surface area contributed by atoms with Crippen molar-refractivity contribution < 1.29 is 27.8 Å². The Kier molecular flexibility index (Phi) is 10.4. The highest BCUT2D eigenvalue weighted by atomic mass is 32.2. The van der Waals surface area contributed by atoms with Crippen molar-refractivity contribution in [2.75, 3.05) is 24.3 Å². The number of hydrogen-bond donors (Lipinski definition) is 2. The minimum Gasteiger partial charge on any atom is -0.497 e. The van der Waals surface area contributed by atoms with Crippen molar-refractivity contribution in [3.05, 3.63) is 90.4 Å². The predicted molar refractivity (Wildman–Crippen MR) is 175 cm³/mol. The van der Waals surface area contributed by atoms with Crippen molar-refractivity contribution in [3.63, 3.8) is 0 Å². The molecule has 0 bridgehead atoms. The van der Waals surface area contributed by atoms with E-state index in [-0.39, 0.29) is 17.2 Å². The maximum Gasteiger partial charge on any atom is 0.573 e. The van der Waals surface area contributed by atoms with Gasteiger partial charge in [0.05, 0.1) is 18.4 Å². The highest BCUT2D eigenvalue weighted by Gasteiger charge is 2.31. The number of rotatable bonds is 10. The number of aromatic nitrogens is 3. The third-order valence-corrected chi connectivity index (χ3v) is 8.22. The number of allylic oxidation sites excluding steroid dienone is 1. The summed E-state index contributed by atoms with van der Waals surface area (Å²) in [7, 11) is 1.64. The van der Waals surface area contributed by atoms with Crippen molar-refractivity contribution in [2.24, 2.45) is 4.99 Å². The standard InChI is InChI=1S/C33H32F3N7O3S/c1-21(2)28-17-27(45-3)13-14-29(28)42-15-4-16-47-32(42)40-31(44)38-19-24(18-37)22-5-7-23(8-6-22)30-39-20-43(41-30)25-9-11-26(12-10-25)46-33(34,35)36/h5-14,17,19-21,31,38,44H,4,15-16H2,1-3H3/b24-19+,40-32?. The summed E-state index contributed by atoms with van der Waals surface area (Å²) in [6, 6.07) is 20.3. The van der Waals surface area contributed by atoms with Crippen molar-refractivity contribution in [1.82, 2.24) is 20.1 Å². The Bertz CT molecular complexity index is 1780. The van der Waals surface area contributed by atoms with Gasteiger partial charge in [0.25, 0.3) is 0 Å². The summed E-state index contributed by atoms with van der Waals surface area (Å²) in [4.78, 5) is 10.9. The number of ether oxygens (including phenoxy) is 2. The second kappa shape index (κ2) is 14.6. The van der Waals surface area contributed by atoms with E-state index in [0.717, 1.165) is 35.7 Å². The van der Waals surface area contributed by atoms with Crippen LogP contribution in [0.25, 0.3) is 22.6 Å². The summed E-state index contributed by atoms with van der Waals surface area (Å²) in [5, 5.41) is 28.5. The summed E-state index contributed by atoms with van der Waals surface area (Å²) in [5.41, 5.74) is 4.16. The quantitative estimate of drug-likeness (QED) is 0.141. The highest BCUT2D eigenvalue weighted by molar-refractivity contribution is 8.14. The highest BCUT2D eigenvalue weighted by Crippen LogP contribution is 2.35. The smallest absolute Gasteiger partial charge is 0.497 e. The molecule has 1 aliphatic rings. The third-order valence-electron chi connectivity index (χ3n) is 7.15. The number of anilines is 1. The van der Waals surface area contributed by atoms with Gasteiger partial charge in [-0.25, -0.2) is 14.7 Å². The number of aliphatic hydroxyl groups excluding tert-OH is 1. The van der Waals surface area contributed by atoms with Gasteiger partial charge in [0.15, 0.2) is 11.0 Å². The number of nitrogens with one attached hydrogen (secondary N) is 1. The number of alkyl halides is 3. The van der Waals surface area contributed by atoms with E-state index in [9.17, 15) is 23.5 Å². The van der Waals surface area contributed by atoms with E-state index in [0.29, 0.717) is 27.8 Å². The molecule has 1 atom stereocenters. The van der Waals surface area contributed by atoms with Crippen LogP contribution in [0, 0.1) is 11.3 Å². The first-order chi connectivity index (χ1) is 22.5. The first-order valence-corrected chi connectivity index (χ1v) is 15.6. The molecule has 1 aromatic heterocycles. The fraction of sp³-hybridized carbons (Fsp3) is 0.273. The van der Waals surface area contributed by atoms with Gasteiger partial charge in [-0.05, 0) is 65.9 Å². The van der Waals surface area contributed by atoms with E-state index >= 15 is 0 Å². The summed E-state index contributed by atoms with van der Waals surface area (Å²) < 4.78 is 48.1. The molecule has 10 nitrogen and oxygen atoms in total. The molecule has 0 spiro atoms. The first-order valence-electron chi connectivity index (χ1n) is 14.6. The lowest BCUT2D eigenvalue weighted by Gasteiger charge is -2.32. The van der Waals surface area contributed by atoms with Crippen LogP contribution >= 0.6 is 11.8 Å². The van der Waals surface area contributed by atoms with Crippen LogP contribution < -0.4 is 19.7 Å². The Hall–Kier alpha value is -5.00. The van der Waals surface area contributed by atoms with Crippen LogP contribution in [0.2, 0.25) is 0 Å². The van der Waals surface area contributed by atoms with Crippen LogP contribution in [-0.4, -0.2) is 57.2 Å². The van der Waals surface area contributed by atoms with Crippen LogP contribution in [0.1, 0.15) is 37.3 Å². The minimum atomic E-state index is -4.77. The lowest BCUT2D eigenvalue weighted by Crippen LogP contribution is -2.37. The Balaban J connectivity index is 1.27. The van der Waals surface area contributed by atoms with Gasteiger partial charge in [-0.2, -0.15) is 5.26 Å². The predicted octanol–water partition coefficient (Wildman–Crippen LogP) is 6.69. The first kappa shape index (κ1) is 33.4. The largest absolute Gasteiger partial charge is 0.573 e. The van der Waals surface area contributed by atoms with Gasteiger partial charge in [-0.1, -0.05) is 49.9 Å². The number of hydrogen-bond acceptors (Lipinski definition) is 9. The van der Waals surface area contributed by atoms with Gasteiger partial charge >= 0.3 is 6.36 Å². The Labute approximate surface area is 274 Å². The number of benzene rings is 3. The molecule has 0 amide bonds. The zero-order chi connectivity index (χ0) is 33.6. The summed E-state index contributed by atoms with van der Waals surface area (Å²) in [5.74, 6) is 1.94. The second-order valence-corrected chi connectivity index (χ2v) is 11.7. The fourth-order valence-corrected chi connectivity index (χ4v) is 5.83. The maximum absolute atomic E-state index is 12.4. The van der Waals surface area contributed by atoms with Crippen molar-refractivity contribution in [3.8, 4) is 34.6 Å². The molecule has 0 aliphatic carbocycles. The van der Waals surface area contributed by atoms with Gasteiger partial charge in [-0.15, -0.1) is 18.3 Å². The number of methoxy groups -OCH3 is 1. The molecule has 14 heteroatoms. The van der Waals surface area contributed by atoms with Gasteiger partial charge in [0.2, 0.25) is 6.35 Å². The molecule has 1 fully saturated rings. The van der Waals surface area contributed by atoms with E-state index in [1.165, 1.54) is 41.5 Å². The van der Waals surface area contributed by atoms with E-state index in [4.69, 9.17) is 4.74 Å². The van der Waals surface area contributed by atoms with Gasteiger partial charge in [-0.3, -0.25) is 0 Å². The van der Waals surface area contributed by atoms with Gasteiger partial charge in [0.1, 0.15) is 23.9 Å². The summed E-state index contributed by atoms with van der Waals surface area (Å²) in [6.45, 7) is 5.00. The number of thioether (sulfide) groups is 1. The van der Waals surface area contributed by atoms with Gasteiger partial charge in [0, 0.05) is 29.7 Å². The fourth-order valence-electron chi connectivity index (χ4n) is 4.86. The maximum atomic E-state index is 12.4. The molecule has 5 rings (SSSR count). The lowest BCUT2D eigenvalue weighted by atomic mass is 10.00. The van der Waals surface area contributed by atoms with Crippen LogP contribution in [-0.2, 0) is 0 Å². The lowest BCUT2D eigenvalue weighted by molar-refractivity contribution is -0.274. The average molecular weight is 664 g/mol. The van der Waals surface area contributed by atoms with Crippen molar-refractivity contribution >= 4 is 28.2 Å². The van der Waals surface area contributed by atoms with Crippen LogP contribution in [0.15, 0.2) is 84.2 Å². The average Bonchev–Trinajstić information content (AvgIpc) is 3.55. The minimum absolute atomic E-state index is 0.248. The summed E-state index contributed by atoms with van der Waals surface area (Å²) >= 11 is 1.56. The van der Waals surface area contributed by atoms with E-state index in [2.05, 4.69) is 49.9 Å². The Morgan fingerprint density at radius 3 is 2.49 bits per heavy atom. The van der Waals surface area contributed by atoms with Gasteiger partial charge < -0.3 is 24.8 Å². The molecule has 244 valence electrons. The summed E-state index contributed by atoms with van der Waals surface area (Å²) in [6.07, 6.45) is -2.22. The molecule has 1 saturated heterocycles. The number of halogens is 3. The Morgan fingerprint density at radius 1 is 1.11 bits per heavy atom.